The first-order valence-corrected chi connectivity index (χ1v) is 5.81. The second kappa shape index (κ2) is 5.30. The molecule has 17 heavy (non-hydrogen) atoms. The molecule has 1 aliphatic rings. The van der Waals surface area contributed by atoms with Crippen molar-refractivity contribution in [3.8, 4) is 0 Å². The number of carboxylic acid groups (broad SMARTS) is 1. The van der Waals surface area contributed by atoms with E-state index in [2.05, 4.69) is 0 Å². The predicted octanol–water partition coefficient (Wildman–Crippen LogP) is -0.905. The average Bonchev–Trinajstić information content (AvgIpc) is 2.21. The lowest BCUT2D eigenvalue weighted by Gasteiger charge is -2.43. The molecular weight excluding hydrogens is 228 g/mol. The molecule has 0 aromatic rings. The van der Waals surface area contributed by atoms with Gasteiger partial charge in [0.25, 0.3) is 0 Å². The van der Waals surface area contributed by atoms with Crippen molar-refractivity contribution < 1.29 is 30.3 Å². The van der Waals surface area contributed by atoms with Gasteiger partial charge in [0.2, 0.25) is 0 Å². The second-order valence-corrected chi connectivity index (χ2v) is 4.82. The van der Waals surface area contributed by atoms with Gasteiger partial charge in [-0.25, -0.2) is 0 Å². The van der Waals surface area contributed by atoms with Crippen molar-refractivity contribution in [1.29, 1.82) is 0 Å². The fraction of sp³-hybridized carbons (Fsp3) is 0.909. The van der Waals surface area contributed by atoms with E-state index in [1.807, 2.05) is 0 Å². The number of aliphatic carboxylic acids is 1. The standard InChI is InChI=1S/C11H20O6/c1-2-3-6(10(15)16)11(17)4-7(12)9(14)8(13)5-11/h6-9,12-14,17H,2-5H2,1H3,(H,15,16). The van der Waals surface area contributed by atoms with Gasteiger partial charge in [0.05, 0.1) is 23.7 Å². The Morgan fingerprint density at radius 2 is 1.76 bits per heavy atom. The molecule has 6 heteroatoms. The minimum Gasteiger partial charge on any atom is -0.481 e. The van der Waals surface area contributed by atoms with Crippen LogP contribution in [0.3, 0.4) is 0 Å². The maximum absolute atomic E-state index is 11.1. The first kappa shape index (κ1) is 14.4. The topological polar surface area (TPSA) is 118 Å². The molecule has 1 rings (SSSR count). The maximum atomic E-state index is 11.1. The normalized spacial score (nSPS) is 39.9. The molecule has 3 unspecified atom stereocenters. The lowest BCUT2D eigenvalue weighted by atomic mass is 9.71. The van der Waals surface area contributed by atoms with Gasteiger partial charge in [-0.3, -0.25) is 4.79 Å². The summed E-state index contributed by atoms with van der Waals surface area (Å²) in [5.74, 6) is -2.19. The molecule has 0 spiro atoms. The summed E-state index contributed by atoms with van der Waals surface area (Å²) in [6, 6.07) is 0. The van der Waals surface area contributed by atoms with E-state index in [1.165, 1.54) is 0 Å². The van der Waals surface area contributed by atoms with Gasteiger partial charge in [-0.2, -0.15) is 0 Å². The summed E-state index contributed by atoms with van der Waals surface area (Å²) in [5, 5.41) is 47.8. The zero-order chi connectivity index (χ0) is 13.2. The summed E-state index contributed by atoms with van der Waals surface area (Å²) in [4.78, 5) is 11.1. The summed E-state index contributed by atoms with van der Waals surface area (Å²) in [6.07, 6.45) is -3.56. The van der Waals surface area contributed by atoms with E-state index in [0.29, 0.717) is 6.42 Å². The van der Waals surface area contributed by atoms with E-state index in [1.54, 1.807) is 6.92 Å². The van der Waals surface area contributed by atoms with E-state index in [9.17, 15) is 25.2 Å². The quantitative estimate of drug-likeness (QED) is 0.440. The van der Waals surface area contributed by atoms with Gasteiger partial charge in [-0.05, 0) is 6.42 Å². The van der Waals surface area contributed by atoms with Gasteiger partial charge in [-0.15, -0.1) is 0 Å². The number of carboxylic acids is 1. The van der Waals surface area contributed by atoms with Crippen molar-refractivity contribution in [2.75, 3.05) is 0 Å². The van der Waals surface area contributed by atoms with Crippen LogP contribution in [-0.4, -0.2) is 55.4 Å². The van der Waals surface area contributed by atoms with Gasteiger partial charge < -0.3 is 25.5 Å². The number of carbonyl (C=O) groups is 1. The van der Waals surface area contributed by atoms with Gasteiger partial charge in [0.15, 0.2) is 0 Å². The number of hydrogen-bond donors (Lipinski definition) is 5. The van der Waals surface area contributed by atoms with Crippen molar-refractivity contribution in [2.45, 2.75) is 56.5 Å². The predicted molar refractivity (Wildman–Crippen MR) is 58.2 cm³/mol. The zero-order valence-electron chi connectivity index (χ0n) is 9.78. The summed E-state index contributed by atoms with van der Waals surface area (Å²) >= 11 is 0. The van der Waals surface area contributed by atoms with Crippen molar-refractivity contribution in [1.82, 2.24) is 0 Å². The van der Waals surface area contributed by atoms with Crippen LogP contribution >= 0.6 is 0 Å². The molecule has 0 radical (unpaired) electrons. The van der Waals surface area contributed by atoms with Gasteiger partial charge >= 0.3 is 5.97 Å². The first-order chi connectivity index (χ1) is 7.81. The van der Waals surface area contributed by atoms with Crippen LogP contribution < -0.4 is 0 Å². The van der Waals surface area contributed by atoms with Crippen LogP contribution in [0.1, 0.15) is 32.6 Å². The summed E-state index contributed by atoms with van der Waals surface area (Å²) < 4.78 is 0. The molecule has 0 aromatic carbocycles. The molecule has 1 aliphatic carbocycles. The molecule has 1 fully saturated rings. The van der Waals surface area contributed by atoms with E-state index in [0.717, 1.165) is 0 Å². The van der Waals surface area contributed by atoms with E-state index >= 15 is 0 Å². The molecule has 0 heterocycles. The third-order valence-corrected chi connectivity index (χ3v) is 3.44. The Hall–Kier alpha value is -0.690. The minimum absolute atomic E-state index is 0.234. The Morgan fingerprint density at radius 1 is 1.29 bits per heavy atom. The highest BCUT2D eigenvalue weighted by Crippen LogP contribution is 2.37. The largest absolute Gasteiger partial charge is 0.481 e. The second-order valence-electron chi connectivity index (χ2n) is 4.82. The zero-order valence-corrected chi connectivity index (χ0v) is 9.78. The van der Waals surface area contributed by atoms with Crippen LogP contribution in [0, 0.1) is 5.92 Å². The minimum atomic E-state index is -1.67. The van der Waals surface area contributed by atoms with Crippen molar-refractivity contribution in [3.05, 3.63) is 0 Å². The first-order valence-electron chi connectivity index (χ1n) is 5.81. The molecule has 1 saturated carbocycles. The van der Waals surface area contributed by atoms with Gasteiger partial charge in [0.1, 0.15) is 6.10 Å². The summed E-state index contributed by atoms with van der Waals surface area (Å²) in [6.45, 7) is 1.80. The van der Waals surface area contributed by atoms with Crippen LogP contribution in [0.15, 0.2) is 0 Å². The molecule has 0 bridgehead atoms. The molecule has 0 saturated heterocycles. The number of rotatable bonds is 4. The monoisotopic (exact) mass is 248 g/mol. The van der Waals surface area contributed by atoms with Crippen molar-refractivity contribution in [3.63, 3.8) is 0 Å². The fourth-order valence-corrected chi connectivity index (χ4v) is 2.50. The Morgan fingerprint density at radius 3 is 2.12 bits per heavy atom. The molecule has 100 valence electrons. The van der Waals surface area contributed by atoms with E-state index < -0.39 is 35.8 Å². The lowest BCUT2D eigenvalue weighted by molar-refractivity contribution is -0.185. The van der Waals surface area contributed by atoms with Crippen LogP contribution in [0.2, 0.25) is 0 Å². The number of hydrogen-bond acceptors (Lipinski definition) is 5. The summed E-state index contributed by atoms with van der Waals surface area (Å²) in [5.41, 5.74) is -1.67. The Labute approximate surface area is 99.5 Å². The van der Waals surface area contributed by atoms with Crippen molar-refractivity contribution in [2.24, 2.45) is 5.92 Å². The summed E-state index contributed by atoms with van der Waals surface area (Å²) in [7, 11) is 0. The highest BCUT2D eigenvalue weighted by molar-refractivity contribution is 5.71. The Bertz CT molecular complexity index is 267. The SMILES string of the molecule is CCCC(C(=O)O)C1(O)CC(O)C(O)C(O)C1. The fourth-order valence-electron chi connectivity index (χ4n) is 2.50. The highest BCUT2D eigenvalue weighted by Gasteiger charge is 2.50. The molecule has 5 N–H and O–H groups in total. The lowest BCUT2D eigenvalue weighted by Crippen LogP contribution is -2.57. The third kappa shape index (κ3) is 2.95. The van der Waals surface area contributed by atoms with Gasteiger partial charge in [0, 0.05) is 12.8 Å². The smallest absolute Gasteiger partial charge is 0.309 e. The van der Waals surface area contributed by atoms with Crippen LogP contribution in [0.4, 0.5) is 0 Å². The molecule has 0 aliphatic heterocycles. The van der Waals surface area contributed by atoms with Gasteiger partial charge in [-0.1, -0.05) is 13.3 Å². The highest BCUT2D eigenvalue weighted by atomic mass is 16.4. The van der Waals surface area contributed by atoms with Crippen LogP contribution in [0.25, 0.3) is 0 Å². The third-order valence-electron chi connectivity index (χ3n) is 3.44. The van der Waals surface area contributed by atoms with E-state index in [4.69, 9.17) is 5.11 Å². The Balaban J connectivity index is 2.88. The van der Waals surface area contributed by atoms with E-state index in [-0.39, 0.29) is 19.3 Å². The molecule has 0 aromatic heterocycles. The molecule has 0 amide bonds. The number of aliphatic hydroxyl groups excluding tert-OH is 3. The van der Waals surface area contributed by atoms with Crippen LogP contribution in [0.5, 0.6) is 0 Å². The molecule has 3 atom stereocenters. The van der Waals surface area contributed by atoms with Crippen molar-refractivity contribution >= 4 is 5.97 Å². The molecule has 6 nitrogen and oxygen atoms in total. The maximum Gasteiger partial charge on any atom is 0.309 e. The average molecular weight is 248 g/mol. The molecular formula is C11H20O6. The Kier molecular flexibility index (Phi) is 4.48. The number of aliphatic hydroxyl groups is 4. The van der Waals surface area contributed by atoms with Crippen LogP contribution in [-0.2, 0) is 4.79 Å².